The maximum absolute atomic E-state index is 14.3. The van der Waals surface area contributed by atoms with Crippen LogP contribution in [0.5, 0.6) is 0 Å². The van der Waals surface area contributed by atoms with Gasteiger partial charge >= 0.3 is 0 Å². The first-order valence-corrected chi connectivity index (χ1v) is 15.3. The molecule has 0 saturated carbocycles. The molecule has 0 radical (unpaired) electrons. The van der Waals surface area contributed by atoms with Gasteiger partial charge in [-0.25, -0.2) is 4.99 Å². The highest BCUT2D eigenvalue weighted by Crippen LogP contribution is 2.32. The third-order valence-electron chi connectivity index (χ3n) is 8.08. The minimum atomic E-state index is -0.619. The van der Waals surface area contributed by atoms with Gasteiger partial charge in [-0.05, 0) is 55.2 Å². The second kappa shape index (κ2) is 11.5. The number of benzene rings is 3. The number of nitrogens with one attached hydrogen (secondary N) is 1. The molecule has 0 fully saturated rings. The molecule has 3 aromatic carbocycles. The van der Waals surface area contributed by atoms with Gasteiger partial charge < -0.3 is 9.88 Å². The molecule has 0 aliphatic carbocycles. The van der Waals surface area contributed by atoms with E-state index >= 15 is 0 Å². The van der Waals surface area contributed by atoms with E-state index in [1.807, 2.05) is 73.7 Å². The van der Waals surface area contributed by atoms with Crippen molar-refractivity contribution in [2.24, 2.45) is 4.99 Å². The SMILES string of the molecule is C=CCn1c(C)c(/C=c2/sc3n(c2=O)C(c2ccc(C(C)C)cc2)C(C(=O)Nc2ccccc2)=C(C)N=3)c2ccccc21. The second-order valence-electron chi connectivity index (χ2n) is 11.1. The number of fused-ring (bicyclic) bond motifs is 2. The van der Waals surface area contributed by atoms with Crippen molar-refractivity contribution in [1.29, 1.82) is 0 Å². The van der Waals surface area contributed by atoms with E-state index in [1.54, 1.807) is 4.57 Å². The minimum Gasteiger partial charge on any atom is -0.340 e. The van der Waals surface area contributed by atoms with Gasteiger partial charge in [-0.3, -0.25) is 14.2 Å². The van der Waals surface area contributed by atoms with Gasteiger partial charge in [-0.2, -0.15) is 0 Å². The average molecular weight is 587 g/mol. The summed E-state index contributed by atoms with van der Waals surface area (Å²) in [6, 6.07) is 25.2. The smallest absolute Gasteiger partial charge is 0.271 e. The van der Waals surface area contributed by atoms with Crippen LogP contribution in [-0.4, -0.2) is 15.0 Å². The second-order valence-corrected chi connectivity index (χ2v) is 12.1. The van der Waals surface area contributed by atoms with E-state index in [0.29, 0.717) is 38.8 Å². The number of carbonyl (C=O) groups excluding carboxylic acids is 1. The first kappa shape index (κ1) is 28.4. The highest BCUT2D eigenvalue weighted by molar-refractivity contribution is 7.07. The van der Waals surface area contributed by atoms with Crippen LogP contribution in [0.25, 0.3) is 17.0 Å². The van der Waals surface area contributed by atoms with E-state index in [1.165, 1.54) is 16.9 Å². The van der Waals surface area contributed by atoms with Gasteiger partial charge in [0.05, 0.1) is 21.8 Å². The van der Waals surface area contributed by atoms with Crippen LogP contribution in [0.2, 0.25) is 0 Å². The Hall–Kier alpha value is -4.75. The van der Waals surface area contributed by atoms with E-state index in [2.05, 4.69) is 61.5 Å². The van der Waals surface area contributed by atoms with E-state index in [-0.39, 0.29) is 11.5 Å². The summed E-state index contributed by atoms with van der Waals surface area (Å²) < 4.78 is 4.47. The summed E-state index contributed by atoms with van der Waals surface area (Å²) in [6.45, 7) is 12.8. The standard InChI is InChI=1S/C36H34N4O2S/c1-6-20-39-24(5)29(28-14-10-11-15-30(28)39)21-31-35(42)40-33(26-18-16-25(17-19-26)22(2)3)32(23(4)37-36(40)43-31)34(41)38-27-12-8-7-9-13-27/h6-19,21-22,33H,1,20H2,2-5H3,(H,38,41)/b31-21+. The molecule has 0 spiro atoms. The van der Waals surface area contributed by atoms with Gasteiger partial charge in [-0.1, -0.05) is 91.9 Å². The van der Waals surface area contributed by atoms with Crippen LogP contribution in [-0.2, 0) is 11.3 Å². The number of carbonyl (C=O) groups is 1. The normalized spacial score (nSPS) is 15.1. The summed E-state index contributed by atoms with van der Waals surface area (Å²) in [5.41, 5.74) is 6.78. The molecule has 1 unspecified atom stereocenters. The molecule has 2 aromatic heterocycles. The first-order valence-electron chi connectivity index (χ1n) is 14.5. The summed E-state index contributed by atoms with van der Waals surface area (Å²) in [7, 11) is 0. The van der Waals surface area contributed by atoms with Crippen LogP contribution in [0.1, 0.15) is 55.1 Å². The molecular weight excluding hydrogens is 552 g/mol. The molecule has 0 saturated heterocycles. The van der Waals surface area contributed by atoms with Crippen molar-refractivity contribution in [2.75, 3.05) is 5.32 Å². The molecule has 1 amide bonds. The zero-order valence-corrected chi connectivity index (χ0v) is 25.6. The van der Waals surface area contributed by atoms with Crippen LogP contribution < -0.4 is 20.2 Å². The van der Waals surface area contributed by atoms with Crippen molar-refractivity contribution < 1.29 is 4.79 Å². The van der Waals surface area contributed by atoms with E-state index in [9.17, 15) is 9.59 Å². The van der Waals surface area contributed by atoms with Crippen molar-refractivity contribution in [3.05, 3.63) is 145 Å². The predicted octanol–water partition coefficient (Wildman–Crippen LogP) is 6.45. The van der Waals surface area contributed by atoms with Crippen molar-refractivity contribution >= 4 is 39.9 Å². The average Bonchev–Trinajstić information content (AvgIpc) is 3.45. The molecular formula is C36H34N4O2S. The minimum absolute atomic E-state index is 0.167. The zero-order valence-electron chi connectivity index (χ0n) is 24.8. The molecule has 1 aliphatic rings. The highest BCUT2D eigenvalue weighted by Gasteiger charge is 2.32. The van der Waals surface area contributed by atoms with Gasteiger partial charge in [-0.15, -0.1) is 6.58 Å². The lowest BCUT2D eigenvalue weighted by atomic mass is 9.93. The molecule has 1 aliphatic heterocycles. The number of amides is 1. The Morgan fingerprint density at radius 3 is 2.42 bits per heavy atom. The van der Waals surface area contributed by atoms with Crippen molar-refractivity contribution in [2.45, 2.75) is 46.2 Å². The molecule has 3 heterocycles. The maximum Gasteiger partial charge on any atom is 0.271 e. The summed E-state index contributed by atoms with van der Waals surface area (Å²) >= 11 is 1.36. The number of thiazole rings is 1. The van der Waals surface area contributed by atoms with Crippen molar-refractivity contribution in [1.82, 2.24) is 9.13 Å². The largest absolute Gasteiger partial charge is 0.340 e. The van der Waals surface area contributed by atoms with Gasteiger partial charge in [0.2, 0.25) is 0 Å². The molecule has 0 bridgehead atoms. The monoisotopic (exact) mass is 586 g/mol. The number of hydrogen-bond donors (Lipinski definition) is 1. The Labute approximate surface area is 254 Å². The Bertz CT molecular complexity index is 2080. The predicted molar refractivity (Wildman–Crippen MR) is 176 cm³/mol. The topological polar surface area (TPSA) is 68.4 Å². The molecule has 6 nitrogen and oxygen atoms in total. The fourth-order valence-corrected chi connectivity index (χ4v) is 6.87. The summed E-state index contributed by atoms with van der Waals surface area (Å²) in [5.74, 6) is 0.0867. The van der Waals surface area contributed by atoms with Crippen LogP contribution in [0.3, 0.4) is 0 Å². The zero-order chi connectivity index (χ0) is 30.2. The quantitative estimate of drug-likeness (QED) is 0.223. The number of para-hydroxylation sites is 2. The van der Waals surface area contributed by atoms with Crippen LogP contribution in [0, 0.1) is 6.92 Å². The Morgan fingerprint density at radius 1 is 1.02 bits per heavy atom. The number of aromatic nitrogens is 2. The van der Waals surface area contributed by atoms with Gasteiger partial charge in [0, 0.05) is 34.4 Å². The van der Waals surface area contributed by atoms with E-state index < -0.39 is 6.04 Å². The lowest BCUT2D eigenvalue weighted by molar-refractivity contribution is -0.113. The summed E-state index contributed by atoms with van der Waals surface area (Å²) in [5, 5.41) is 4.10. The number of allylic oxidation sites excluding steroid dienone is 2. The van der Waals surface area contributed by atoms with Crippen molar-refractivity contribution in [3.63, 3.8) is 0 Å². The lowest BCUT2D eigenvalue weighted by Crippen LogP contribution is -2.40. The molecule has 6 rings (SSSR count). The Morgan fingerprint density at radius 2 is 1.72 bits per heavy atom. The van der Waals surface area contributed by atoms with Gasteiger partial charge in [0.15, 0.2) is 4.80 Å². The van der Waals surface area contributed by atoms with Gasteiger partial charge in [0.1, 0.15) is 0 Å². The molecule has 1 atom stereocenters. The Balaban J connectivity index is 1.54. The molecule has 1 N–H and O–H groups in total. The number of anilines is 1. The van der Waals surface area contributed by atoms with Crippen LogP contribution in [0.4, 0.5) is 5.69 Å². The van der Waals surface area contributed by atoms with Gasteiger partial charge in [0.25, 0.3) is 11.5 Å². The van der Waals surface area contributed by atoms with E-state index in [4.69, 9.17) is 4.99 Å². The van der Waals surface area contributed by atoms with E-state index in [0.717, 1.165) is 27.7 Å². The number of rotatable bonds is 7. The number of hydrogen-bond acceptors (Lipinski definition) is 4. The summed E-state index contributed by atoms with van der Waals surface area (Å²) in [6.07, 6.45) is 3.86. The van der Waals surface area contributed by atoms with Crippen LogP contribution >= 0.6 is 11.3 Å². The lowest BCUT2D eigenvalue weighted by Gasteiger charge is -2.25. The third-order valence-corrected chi connectivity index (χ3v) is 9.07. The first-order chi connectivity index (χ1) is 20.8. The molecule has 216 valence electrons. The maximum atomic E-state index is 14.3. The Kier molecular flexibility index (Phi) is 7.59. The third kappa shape index (κ3) is 5.10. The molecule has 5 aromatic rings. The summed E-state index contributed by atoms with van der Waals surface area (Å²) in [4.78, 5) is 33.5. The highest BCUT2D eigenvalue weighted by atomic mass is 32.1. The van der Waals surface area contributed by atoms with Crippen molar-refractivity contribution in [3.8, 4) is 0 Å². The van der Waals surface area contributed by atoms with Crippen LogP contribution in [0.15, 0.2) is 113 Å². The fourth-order valence-electron chi connectivity index (χ4n) is 5.85. The fraction of sp³-hybridized carbons (Fsp3) is 0.194. The number of nitrogens with zero attached hydrogens (tertiary/aromatic N) is 3. The molecule has 7 heteroatoms. The molecule has 43 heavy (non-hydrogen) atoms.